The van der Waals surface area contributed by atoms with Gasteiger partial charge in [-0.05, 0) is 17.9 Å². The second-order valence-electron chi connectivity index (χ2n) is 6.54. The van der Waals surface area contributed by atoms with E-state index in [1.807, 2.05) is 12.1 Å². The molecule has 1 saturated heterocycles. The van der Waals surface area contributed by atoms with E-state index in [9.17, 15) is 0 Å². The Morgan fingerprint density at radius 3 is 2.76 bits per heavy atom. The average Bonchev–Trinajstić information content (AvgIpc) is 2.45. The van der Waals surface area contributed by atoms with Gasteiger partial charge in [0.05, 0.1) is 6.61 Å². The first kappa shape index (κ1) is 16.3. The molecule has 1 aromatic rings. The largest absolute Gasteiger partial charge is 0.491 e. The molecule has 1 aliphatic heterocycles. The third kappa shape index (κ3) is 4.43. The molecule has 118 valence electrons. The Morgan fingerprint density at radius 2 is 2.05 bits per heavy atom. The van der Waals surface area contributed by atoms with Crippen molar-refractivity contribution in [2.24, 2.45) is 11.1 Å². The van der Waals surface area contributed by atoms with Crippen molar-refractivity contribution in [1.29, 1.82) is 0 Å². The minimum Gasteiger partial charge on any atom is -0.491 e. The molecule has 4 heteroatoms. The summed E-state index contributed by atoms with van der Waals surface area (Å²) in [4.78, 5) is 2.47. The number of methoxy groups -OCH3 is 1. The third-order valence-electron chi connectivity index (χ3n) is 4.30. The fraction of sp³-hybridized carbons (Fsp3) is 0.647. The van der Waals surface area contributed by atoms with Crippen molar-refractivity contribution in [2.45, 2.75) is 32.9 Å². The Morgan fingerprint density at radius 1 is 1.29 bits per heavy atom. The van der Waals surface area contributed by atoms with Crippen LogP contribution in [0.15, 0.2) is 24.3 Å². The molecule has 1 aliphatic rings. The maximum absolute atomic E-state index is 6.21. The van der Waals surface area contributed by atoms with E-state index in [0.717, 1.165) is 31.8 Å². The smallest absolute Gasteiger partial charge is 0.123 e. The summed E-state index contributed by atoms with van der Waals surface area (Å²) in [5, 5.41) is 0. The second kappa shape index (κ2) is 7.25. The molecule has 0 aliphatic carbocycles. The van der Waals surface area contributed by atoms with Gasteiger partial charge in [-0.15, -0.1) is 0 Å². The van der Waals surface area contributed by atoms with Crippen molar-refractivity contribution >= 4 is 0 Å². The van der Waals surface area contributed by atoms with E-state index in [0.29, 0.717) is 19.3 Å². The lowest BCUT2D eigenvalue weighted by Crippen LogP contribution is -2.52. The van der Waals surface area contributed by atoms with Crippen LogP contribution in [-0.4, -0.2) is 44.4 Å². The fourth-order valence-corrected chi connectivity index (χ4v) is 2.87. The van der Waals surface area contributed by atoms with Gasteiger partial charge in [-0.1, -0.05) is 32.0 Å². The van der Waals surface area contributed by atoms with Crippen LogP contribution in [0.2, 0.25) is 0 Å². The summed E-state index contributed by atoms with van der Waals surface area (Å²) in [5.74, 6) is 0.960. The highest BCUT2D eigenvalue weighted by Crippen LogP contribution is 2.30. The number of ether oxygens (including phenoxy) is 2. The minimum absolute atomic E-state index is 0.171. The van der Waals surface area contributed by atoms with Crippen molar-refractivity contribution in [3.05, 3.63) is 29.8 Å². The van der Waals surface area contributed by atoms with Gasteiger partial charge in [-0.3, -0.25) is 4.90 Å². The number of hydrogen-bond acceptors (Lipinski definition) is 4. The topological polar surface area (TPSA) is 47.7 Å². The van der Waals surface area contributed by atoms with Crippen LogP contribution < -0.4 is 10.5 Å². The van der Waals surface area contributed by atoms with Crippen LogP contribution in [0.4, 0.5) is 0 Å². The van der Waals surface area contributed by atoms with E-state index in [4.69, 9.17) is 15.2 Å². The molecule has 0 amide bonds. The molecule has 0 saturated carbocycles. The van der Waals surface area contributed by atoms with Gasteiger partial charge in [0.1, 0.15) is 12.4 Å². The first-order valence-electron chi connectivity index (χ1n) is 7.70. The summed E-state index contributed by atoms with van der Waals surface area (Å²) in [6, 6.07) is 8.55. The minimum atomic E-state index is 0.171. The number of para-hydroxylation sites is 1. The quantitative estimate of drug-likeness (QED) is 0.817. The fourth-order valence-electron chi connectivity index (χ4n) is 2.87. The maximum atomic E-state index is 6.21. The first-order valence-corrected chi connectivity index (χ1v) is 7.70. The zero-order chi connectivity index (χ0) is 15.3. The highest BCUT2D eigenvalue weighted by Gasteiger charge is 2.33. The van der Waals surface area contributed by atoms with Crippen molar-refractivity contribution in [3.63, 3.8) is 0 Å². The normalized spacial score (nSPS) is 22.2. The van der Waals surface area contributed by atoms with Crippen LogP contribution in [0.3, 0.4) is 0 Å². The Kier molecular flexibility index (Phi) is 5.62. The van der Waals surface area contributed by atoms with Crippen molar-refractivity contribution in [3.8, 4) is 5.75 Å². The third-order valence-corrected chi connectivity index (χ3v) is 4.30. The predicted molar refractivity (Wildman–Crippen MR) is 85.5 cm³/mol. The summed E-state index contributed by atoms with van der Waals surface area (Å²) < 4.78 is 10.9. The van der Waals surface area contributed by atoms with Gasteiger partial charge >= 0.3 is 0 Å². The molecule has 1 fully saturated rings. The lowest BCUT2D eigenvalue weighted by molar-refractivity contribution is 0.0884. The molecular formula is C17H28N2O2. The molecule has 4 nitrogen and oxygen atoms in total. The van der Waals surface area contributed by atoms with Crippen LogP contribution in [0.1, 0.15) is 25.8 Å². The molecule has 0 bridgehead atoms. The van der Waals surface area contributed by atoms with Gasteiger partial charge in [0.2, 0.25) is 0 Å². The van der Waals surface area contributed by atoms with Gasteiger partial charge in [0.25, 0.3) is 0 Å². The monoisotopic (exact) mass is 292 g/mol. The van der Waals surface area contributed by atoms with Gasteiger partial charge in [0.15, 0.2) is 0 Å². The van der Waals surface area contributed by atoms with Gasteiger partial charge in [0, 0.05) is 38.3 Å². The number of likely N-dealkylation sites (tertiary alicyclic amines) is 1. The molecule has 21 heavy (non-hydrogen) atoms. The molecule has 0 radical (unpaired) electrons. The summed E-state index contributed by atoms with van der Waals surface area (Å²) in [6.07, 6.45) is 1.06. The molecule has 2 N–H and O–H groups in total. The zero-order valence-corrected chi connectivity index (χ0v) is 13.5. The number of piperidine rings is 1. The van der Waals surface area contributed by atoms with E-state index < -0.39 is 0 Å². The van der Waals surface area contributed by atoms with Crippen molar-refractivity contribution < 1.29 is 9.47 Å². The summed E-state index contributed by atoms with van der Waals surface area (Å²) >= 11 is 0. The molecule has 1 unspecified atom stereocenters. The van der Waals surface area contributed by atoms with Gasteiger partial charge in [-0.2, -0.15) is 0 Å². The van der Waals surface area contributed by atoms with Crippen LogP contribution in [-0.2, 0) is 11.3 Å². The molecular weight excluding hydrogens is 264 g/mol. The zero-order valence-electron chi connectivity index (χ0n) is 13.5. The Labute approximate surface area is 128 Å². The lowest BCUT2D eigenvalue weighted by atomic mass is 9.79. The SMILES string of the molecule is COCCOc1ccccc1CN1CCC(N)C(C)(C)C1. The number of benzene rings is 1. The maximum Gasteiger partial charge on any atom is 0.123 e. The van der Waals surface area contributed by atoms with Crippen LogP contribution in [0.5, 0.6) is 5.75 Å². The Hall–Kier alpha value is -1.10. The standard InChI is InChI=1S/C17H28N2O2/c1-17(2)13-19(9-8-16(17)18)12-14-6-4-5-7-15(14)21-11-10-20-3/h4-7,16H,8-13,18H2,1-3H3. The molecule has 1 heterocycles. The van der Waals surface area contributed by atoms with Gasteiger partial charge in [-0.25, -0.2) is 0 Å². The van der Waals surface area contributed by atoms with Crippen molar-refractivity contribution in [2.75, 3.05) is 33.4 Å². The molecule has 0 spiro atoms. The predicted octanol–water partition coefficient (Wildman–Crippen LogP) is 2.27. The molecule has 1 aromatic carbocycles. The molecule has 0 aromatic heterocycles. The number of nitrogens with two attached hydrogens (primary N) is 1. The number of nitrogens with zero attached hydrogens (tertiary/aromatic N) is 1. The Bertz CT molecular complexity index is 448. The van der Waals surface area contributed by atoms with Crippen LogP contribution in [0.25, 0.3) is 0 Å². The van der Waals surface area contributed by atoms with Crippen molar-refractivity contribution in [1.82, 2.24) is 4.90 Å². The first-order chi connectivity index (χ1) is 10.0. The summed E-state index contributed by atoms with van der Waals surface area (Å²) in [7, 11) is 1.69. The Balaban J connectivity index is 1.99. The van der Waals surface area contributed by atoms with E-state index >= 15 is 0 Å². The van der Waals surface area contributed by atoms with E-state index in [-0.39, 0.29) is 5.41 Å². The number of rotatable bonds is 6. The average molecular weight is 292 g/mol. The van der Waals surface area contributed by atoms with Gasteiger partial charge < -0.3 is 15.2 Å². The van der Waals surface area contributed by atoms with Crippen LogP contribution in [0, 0.1) is 5.41 Å². The lowest BCUT2D eigenvalue weighted by Gasteiger charge is -2.42. The second-order valence-corrected chi connectivity index (χ2v) is 6.54. The highest BCUT2D eigenvalue weighted by atomic mass is 16.5. The molecule has 2 rings (SSSR count). The molecule has 1 atom stereocenters. The highest BCUT2D eigenvalue weighted by molar-refractivity contribution is 5.33. The summed E-state index contributed by atoms with van der Waals surface area (Å²) in [5.41, 5.74) is 7.62. The van der Waals surface area contributed by atoms with E-state index in [1.54, 1.807) is 7.11 Å². The van der Waals surface area contributed by atoms with E-state index in [1.165, 1.54) is 5.56 Å². The van der Waals surface area contributed by atoms with E-state index in [2.05, 4.69) is 30.9 Å². The number of hydrogen-bond donors (Lipinski definition) is 1. The van der Waals surface area contributed by atoms with Crippen LogP contribution >= 0.6 is 0 Å². The summed E-state index contributed by atoms with van der Waals surface area (Å²) in [6.45, 7) is 8.70.